The molecule has 1 N–H and O–H groups in total. The van der Waals surface area contributed by atoms with Crippen LogP contribution in [0.1, 0.15) is 36.4 Å². The lowest BCUT2D eigenvalue weighted by Gasteiger charge is -2.18. The summed E-state index contributed by atoms with van der Waals surface area (Å²) in [6.45, 7) is 3.91. The highest BCUT2D eigenvalue weighted by atomic mass is 19.1. The van der Waals surface area contributed by atoms with E-state index in [1.807, 2.05) is 32.0 Å². The monoisotopic (exact) mass is 382 g/mol. The molecule has 1 aromatic heterocycles. The Bertz CT molecular complexity index is 968. The van der Waals surface area contributed by atoms with Crippen molar-refractivity contribution in [3.8, 4) is 17.1 Å². The predicted molar refractivity (Wildman–Crippen MR) is 105 cm³/mol. The van der Waals surface area contributed by atoms with E-state index in [1.54, 1.807) is 25.3 Å². The molecule has 28 heavy (non-hydrogen) atoms. The molecule has 1 unspecified atom stereocenters. The largest absolute Gasteiger partial charge is 0.496 e. The third-order valence-corrected chi connectivity index (χ3v) is 4.49. The number of carbonyl (C=O) groups is 1. The summed E-state index contributed by atoms with van der Waals surface area (Å²) in [4.78, 5) is 16.5. The van der Waals surface area contributed by atoms with Crippen LogP contribution in [-0.4, -0.2) is 18.0 Å². The van der Waals surface area contributed by atoms with Gasteiger partial charge in [0.25, 0.3) is 0 Å². The second-order valence-electron chi connectivity index (χ2n) is 6.63. The van der Waals surface area contributed by atoms with Gasteiger partial charge in [0.15, 0.2) is 11.7 Å². The summed E-state index contributed by atoms with van der Waals surface area (Å²) < 4.78 is 24.8. The smallest absolute Gasteiger partial charge is 0.220 e. The summed E-state index contributed by atoms with van der Waals surface area (Å²) in [5.41, 5.74) is 2.37. The zero-order chi connectivity index (χ0) is 20.1. The maximum atomic E-state index is 13.8. The molecule has 5 nitrogen and oxygen atoms in total. The van der Waals surface area contributed by atoms with E-state index in [4.69, 9.17) is 9.15 Å². The van der Waals surface area contributed by atoms with Crippen molar-refractivity contribution in [3.05, 3.63) is 71.5 Å². The van der Waals surface area contributed by atoms with E-state index in [2.05, 4.69) is 10.3 Å². The van der Waals surface area contributed by atoms with Crippen molar-refractivity contribution in [1.29, 1.82) is 0 Å². The van der Waals surface area contributed by atoms with Crippen LogP contribution in [0.25, 0.3) is 11.3 Å². The third kappa shape index (κ3) is 4.57. The number of oxazole rings is 1. The number of nitrogens with one attached hydrogen (secondary N) is 1. The molecule has 0 saturated carbocycles. The minimum Gasteiger partial charge on any atom is -0.496 e. The molecule has 0 saturated heterocycles. The van der Waals surface area contributed by atoms with Gasteiger partial charge in [0.1, 0.15) is 11.6 Å². The predicted octanol–water partition coefficient (Wildman–Crippen LogP) is 4.61. The van der Waals surface area contributed by atoms with Crippen molar-refractivity contribution < 1.29 is 18.3 Å². The average Bonchev–Trinajstić information content (AvgIpc) is 3.15. The Balaban J connectivity index is 1.59. The Hall–Kier alpha value is -3.15. The second-order valence-corrected chi connectivity index (χ2v) is 6.63. The van der Waals surface area contributed by atoms with Gasteiger partial charge in [0.05, 0.1) is 24.9 Å². The van der Waals surface area contributed by atoms with Crippen LogP contribution in [0.5, 0.6) is 5.75 Å². The molecule has 6 heteroatoms. The molecular formula is C22H23FN2O3. The van der Waals surface area contributed by atoms with E-state index in [9.17, 15) is 9.18 Å². The highest BCUT2D eigenvalue weighted by molar-refractivity contribution is 5.76. The number of methoxy groups -OCH3 is 1. The van der Waals surface area contributed by atoms with Crippen LogP contribution in [-0.2, 0) is 11.2 Å². The quantitative estimate of drug-likeness (QED) is 0.648. The number of halogens is 1. The summed E-state index contributed by atoms with van der Waals surface area (Å²) in [6.07, 6.45) is 2.03. The number of amides is 1. The van der Waals surface area contributed by atoms with Crippen LogP contribution in [0.3, 0.4) is 0 Å². The highest BCUT2D eigenvalue weighted by Gasteiger charge is 2.16. The lowest BCUT2D eigenvalue weighted by Crippen LogP contribution is -2.27. The van der Waals surface area contributed by atoms with Crippen molar-refractivity contribution in [1.82, 2.24) is 10.3 Å². The average molecular weight is 382 g/mol. The van der Waals surface area contributed by atoms with E-state index in [-0.39, 0.29) is 24.2 Å². The van der Waals surface area contributed by atoms with Gasteiger partial charge in [-0.3, -0.25) is 4.79 Å². The van der Waals surface area contributed by atoms with E-state index in [0.29, 0.717) is 23.6 Å². The summed E-state index contributed by atoms with van der Waals surface area (Å²) in [5, 5.41) is 2.97. The van der Waals surface area contributed by atoms with E-state index in [1.165, 1.54) is 12.3 Å². The number of ether oxygens (including phenoxy) is 1. The molecule has 0 aliphatic rings. The molecule has 2 aromatic carbocycles. The number of nitrogens with zero attached hydrogens (tertiary/aromatic N) is 1. The Labute approximate surface area is 163 Å². The molecular weight excluding hydrogens is 359 g/mol. The Morgan fingerprint density at radius 3 is 2.82 bits per heavy atom. The number of carbonyl (C=O) groups excluding carboxylic acids is 1. The topological polar surface area (TPSA) is 64.4 Å². The first kappa shape index (κ1) is 19.6. The molecule has 0 aliphatic heterocycles. The van der Waals surface area contributed by atoms with Crippen molar-refractivity contribution >= 4 is 5.91 Å². The third-order valence-electron chi connectivity index (χ3n) is 4.49. The zero-order valence-electron chi connectivity index (χ0n) is 16.2. The number of aromatic nitrogens is 1. The van der Waals surface area contributed by atoms with Gasteiger partial charge in [-0.1, -0.05) is 29.8 Å². The minimum absolute atomic E-state index is 0.123. The van der Waals surface area contributed by atoms with Crippen LogP contribution >= 0.6 is 0 Å². The van der Waals surface area contributed by atoms with Crippen LogP contribution in [0.15, 0.2) is 53.1 Å². The number of hydrogen-bond donors (Lipinski definition) is 1. The number of rotatable bonds is 7. The Morgan fingerprint density at radius 1 is 1.29 bits per heavy atom. The van der Waals surface area contributed by atoms with Crippen LogP contribution in [0.2, 0.25) is 0 Å². The summed E-state index contributed by atoms with van der Waals surface area (Å²) in [7, 11) is 1.61. The second kappa shape index (κ2) is 8.69. The zero-order valence-corrected chi connectivity index (χ0v) is 16.2. The van der Waals surface area contributed by atoms with E-state index >= 15 is 0 Å². The van der Waals surface area contributed by atoms with Gasteiger partial charge < -0.3 is 14.5 Å². The number of benzene rings is 2. The number of hydrogen-bond acceptors (Lipinski definition) is 4. The lowest BCUT2D eigenvalue weighted by molar-refractivity contribution is -0.121. The molecule has 0 radical (unpaired) electrons. The van der Waals surface area contributed by atoms with Gasteiger partial charge in [0, 0.05) is 18.4 Å². The fourth-order valence-electron chi connectivity index (χ4n) is 3.02. The number of aryl methyl sites for hydroxylation is 2. The first-order valence-corrected chi connectivity index (χ1v) is 9.11. The van der Waals surface area contributed by atoms with Gasteiger partial charge in [-0.15, -0.1) is 0 Å². The molecule has 0 fully saturated rings. The Morgan fingerprint density at radius 2 is 2.07 bits per heavy atom. The molecule has 1 amide bonds. The highest BCUT2D eigenvalue weighted by Crippen LogP contribution is 2.26. The molecule has 1 heterocycles. The fourth-order valence-corrected chi connectivity index (χ4v) is 3.02. The lowest BCUT2D eigenvalue weighted by atomic mass is 10.0. The van der Waals surface area contributed by atoms with Gasteiger partial charge in [-0.2, -0.15) is 0 Å². The van der Waals surface area contributed by atoms with E-state index in [0.717, 1.165) is 16.9 Å². The fraction of sp³-hybridized carbons (Fsp3) is 0.273. The maximum absolute atomic E-state index is 13.8. The standard InChI is InChI=1S/C22H23FN2O3/c1-14-8-9-19(27-3)17(12-14)15(2)25-21(26)10-11-22-24-13-20(28-22)16-6-4-5-7-18(16)23/h4-9,12-13,15H,10-11H2,1-3H3,(H,25,26). The first-order chi connectivity index (χ1) is 13.5. The first-order valence-electron chi connectivity index (χ1n) is 9.11. The minimum atomic E-state index is -0.371. The van der Waals surface area contributed by atoms with Crippen LogP contribution in [0.4, 0.5) is 4.39 Å². The summed E-state index contributed by atoms with van der Waals surface area (Å²) >= 11 is 0. The maximum Gasteiger partial charge on any atom is 0.220 e. The van der Waals surface area contributed by atoms with Gasteiger partial charge in [-0.25, -0.2) is 9.37 Å². The van der Waals surface area contributed by atoms with Crippen LogP contribution in [0, 0.1) is 12.7 Å². The Kier molecular flexibility index (Phi) is 6.09. The van der Waals surface area contributed by atoms with Crippen molar-refractivity contribution in [2.75, 3.05) is 7.11 Å². The summed E-state index contributed by atoms with van der Waals surface area (Å²) in [5.74, 6) is 0.992. The molecule has 3 rings (SSSR count). The molecule has 146 valence electrons. The molecule has 3 aromatic rings. The molecule has 0 aliphatic carbocycles. The van der Waals surface area contributed by atoms with Crippen LogP contribution < -0.4 is 10.1 Å². The molecule has 1 atom stereocenters. The van der Waals surface area contributed by atoms with Crippen molar-refractivity contribution in [3.63, 3.8) is 0 Å². The van der Waals surface area contributed by atoms with E-state index < -0.39 is 0 Å². The van der Waals surface area contributed by atoms with Gasteiger partial charge in [-0.05, 0) is 32.0 Å². The van der Waals surface area contributed by atoms with Gasteiger partial charge in [0.2, 0.25) is 5.91 Å². The summed E-state index contributed by atoms with van der Waals surface area (Å²) in [6, 6.07) is 12.0. The van der Waals surface area contributed by atoms with Crippen molar-refractivity contribution in [2.45, 2.75) is 32.7 Å². The molecule has 0 spiro atoms. The van der Waals surface area contributed by atoms with Gasteiger partial charge >= 0.3 is 0 Å². The SMILES string of the molecule is COc1ccc(C)cc1C(C)NC(=O)CCc1ncc(-c2ccccc2F)o1. The molecule has 0 bridgehead atoms. The normalized spacial score (nSPS) is 11.9. The van der Waals surface area contributed by atoms with Crippen molar-refractivity contribution in [2.24, 2.45) is 0 Å².